The molecule has 2 N–H and O–H groups in total. The van der Waals surface area contributed by atoms with Crippen LogP contribution in [0.4, 0.5) is 0 Å². The van der Waals surface area contributed by atoms with Crippen LogP contribution in [-0.4, -0.2) is 25.9 Å². The number of aromatic nitrogens is 4. The largest absolute Gasteiger partial charge is 0.343 e. The Morgan fingerprint density at radius 2 is 2.17 bits per heavy atom. The molecule has 0 spiro atoms. The maximum atomic E-state index is 12.0. The van der Waals surface area contributed by atoms with Gasteiger partial charge in [0, 0.05) is 18.4 Å². The van der Waals surface area contributed by atoms with E-state index in [2.05, 4.69) is 20.6 Å². The standard InChI is InChI=1S/C12H17N5O/c1-8(2)17-7-5-11(16-17)12(18)14-9(3)10-4-6-13-15-10/h4-9H,1-3H3,(H,13,15)(H,14,18)/t9-/m0/s1. The Labute approximate surface area is 105 Å². The van der Waals surface area contributed by atoms with Gasteiger partial charge in [-0.3, -0.25) is 14.6 Å². The number of H-pyrrole nitrogens is 1. The topological polar surface area (TPSA) is 75.6 Å². The van der Waals surface area contributed by atoms with E-state index in [9.17, 15) is 4.79 Å². The molecule has 18 heavy (non-hydrogen) atoms. The number of amides is 1. The number of carbonyl (C=O) groups excluding carboxylic acids is 1. The first-order chi connectivity index (χ1) is 8.58. The minimum atomic E-state index is -0.184. The molecular formula is C12H17N5O. The van der Waals surface area contributed by atoms with Gasteiger partial charge in [0.15, 0.2) is 0 Å². The molecule has 0 aliphatic heterocycles. The van der Waals surface area contributed by atoms with E-state index in [1.165, 1.54) is 0 Å². The summed E-state index contributed by atoms with van der Waals surface area (Å²) in [6.07, 6.45) is 3.46. The highest BCUT2D eigenvalue weighted by Crippen LogP contribution is 2.09. The minimum absolute atomic E-state index is 0.121. The number of carbonyl (C=O) groups is 1. The molecule has 0 bridgehead atoms. The molecule has 0 saturated heterocycles. The lowest BCUT2D eigenvalue weighted by Crippen LogP contribution is -2.27. The van der Waals surface area contributed by atoms with Crippen LogP contribution in [0.3, 0.4) is 0 Å². The van der Waals surface area contributed by atoms with E-state index in [-0.39, 0.29) is 18.0 Å². The molecule has 0 radical (unpaired) electrons. The highest BCUT2D eigenvalue weighted by molar-refractivity contribution is 5.92. The fourth-order valence-corrected chi connectivity index (χ4v) is 1.60. The molecule has 1 atom stereocenters. The summed E-state index contributed by atoms with van der Waals surface area (Å²) in [5.41, 5.74) is 1.29. The Balaban J connectivity index is 2.03. The number of aromatic amines is 1. The summed E-state index contributed by atoms with van der Waals surface area (Å²) >= 11 is 0. The summed E-state index contributed by atoms with van der Waals surface area (Å²) in [5, 5.41) is 13.8. The van der Waals surface area contributed by atoms with Crippen LogP contribution in [0.15, 0.2) is 24.5 Å². The predicted octanol–water partition coefficient (Wildman–Crippen LogP) is 1.68. The van der Waals surface area contributed by atoms with Gasteiger partial charge in [-0.2, -0.15) is 10.2 Å². The van der Waals surface area contributed by atoms with E-state index >= 15 is 0 Å². The molecule has 0 unspecified atom stereocenters. The predicted molar refractivity (Wildman–Crippen MR) is 67.1 cm³/mol. The number of hydrogen-bond acceptors (Lipinski definition) is 3. The molecular weight excluding hydrogens is 230 g/mol. The molecule has 2 rings (SSSR count). The maximum Gasteiger partial charge on any atom is 0.272 e. The molecule has 6 nitrogen and oxygen atoms in total. The van der Waals surface area contributed by atoms with Crippen molar-refractivity contribution >= 4 is 5.91 Å². The monoisotopic (exact) mass is 247 g/mol. The van der Waals surface area contributed by atoms with Crippen molar-refractivity contribution in [1.29, 1.82) is 0 Å². The lowest BCUT2D eigenvalue weighted by Gasteiger charge is -2.10. The summed E-state index contributed by atoms with van der Waals surface area (Å²) in [4.78, 5) is 12.0. The fraction of sp³-hybridized carbons (Fsp3) is 0.417. The molecule has 0 aliphatic rings. The smallest absolute Gasteiger partial charge is 0.272 e. The van der Waals surface area contributed by atoms with Gasteiger partial charge in [-0.15, -0.1) is 0 Å². The van der Waals surface area contributed by atoms with Crippen molar-refractivity contribution in [2.75, 3.05) is 0 Å². The summed E-state index contributed by atoms with van der Waals surface area (Å²) in [7, 11) is 0. The third kappa shape index (κ3) is 2.58. The third-order valence-electron chi connectivity index (χ3n) is 2.71. The Morgan fingerprint density at radius 3 is 2.72 bits per heavy atom. The van der Waals surface area contributed by atoms with Gasteiger partial charge in [-0.1, -0.05) is 0 Å². The zero-order valence-corrected chi connectivity index (χ0v) is 10.7. The van der Waals surface area contributed by atoms with Crippen LogP contribution in [0.2, 0.25) is 0 Å². The average Bonchev–Trinajstić information content (AvgIpc) is 3.00. The van der Waals surface area contributed by atoms with Crippen LogP contribution in [-0.2, 0) is 0 Å². The van der Waals surface area contributed by atoms with Gasteiger partial charge in [0.05, 0.1) is 11.7 Å². The number of nitrogens with zero attached hydrogens (tertiary/aromatic N) is 3. The molecule has 2 aromatic heterocycles. The van der Waals surface area contributed by atoms with Crippen molar-refractivity contribution in [2.45, 2.75) is 32.9 Å². The molecule has 0 saturated carbocycles. The van der Waals surface area contributed by atoms with Crippen molar-refractivity contribution in [1.82, 2.24) is 25.3 Å². The van der Waals surface area contributed by atoms with Crippen LogP contribution >= 0.6 is 0 Å². The molecule has 1 amide bonds. The molecule has 0 fully saturated rings. The zero-order valence-electron chi connectivity index (χ0n) is 10.7. The van der Waals surface area contributed by atoms with Gasteiger partial charge in [-0.25, -0.2) is 0 Å². The van der Waals surface area contributed by atoms with Gasteiger partial charge < -0.3 is 5.32 Å². The normalized spacial score (nSPS) is 12.7. The van der Waals surface area contributed by atoms with Crippen molar-refractivity contribution in [3.05, 3.63) is 35.9 Å². The first-order valence-corrected chi connectivity index (χ1v) is 5.93. The van der Waals surface area contributed by atoms with Crippen LogP contribution in [0, 0.1) is 0 Å². The van der Waals surface area contributed by atoms with E-state index in [0.29, 0.717) is 5.69 Å². The minimum Gasteiger partial charge on any atom is -0.343 e. The van der Waals surface area contributed by atoms with Crippen LogP contribution in [0.1, 0.15) is 49.0 Å². The lowest BCUT2D eigenvalue weighted by atomic mass is 10.2. The second kappa shape index (κ2) is 5.03. The number of rotatable bonds is 4. The summed E-state index contributed by atoms with van der Waals surface area (Å²) in [5.74, 6) is -0.184. The molecule has 2 aromatic rings. The van der Waals surface area contributed by atoms with E-state index < -0.39 is 0 Å². The van der Waals surface area contributed by atoms with Gasteiger partial charge >= 0.3 is 0 Å². The Kier molecular flexibility index (Phi) is 3.45. The SMILES string of the molecule is CC(C)n1ccc(C(=O)N[C@@H](C)c2ccn[nH]2)n1. The molecule has 2 heterocycles. The fourth-order valence-electron chi connectivity index (χ4n) is 1.60. The Hall–Kier alpha value is -2.11. The van der Waals surface area contributed by atoms with E-state index in [1.807, 2.05) is 26.8 Å². The van der Waals surface area contributed by atoms with E-state index in [1.54, 1.807) is 23.1 Å². The van der Waals surface area contributed by atoms with Crippen molar-refractivity contribution < 1.29 is 4.79 Å². The summed E-state index contributed by atoms with van der Waals surface area (Å²) in [6.45, 7) is 5.93. The first-order valence-electron chi connectivity index (χ1n) is 5.93. The summed E-state index contributed by atoms with van der Waals surface area (Å²) < 4.78 is 1.76. The van der Waals surface area contributed by atoms with Crippen LogP contribution in [0.5, 0.6) is 0 Å². The Morgan fingerprint density at radius 1 is 1.39 bits per heavy atom. The second-order valence-electron chi connectivity index (χ2n) is 4.48. The zero-order chi connectivity index (χ0) is 13.1. The van der Waals surface area contributed by atoms with Gasteiger partial charge in [-0.05, 0) is 32.9 Å². The van der Waals surface area contributed by atoms with E-state index in [4.69, 9.17) is 0 Å². The molecule has 0 aliphatic carbocycles. The quantitative estimate of drug-likeness (QED) is 0.863. The third-order valence-corrected chi connectivity index (χ3v) is 2.71. The number of nitrogens with one attached hydrogen (secondary N) is 2. The van der Waals surface area contributed by atoms with Gasteiger partial charge in [0.25, 0.3) is 5.91 Å². The Bertz CT molecular complexity index is 514. The van der Waals surface area contributed by atoms with Crippen LogP contribution in [0.25, 0.3) is 0 Å². The first kappa shape index (κ1) is 12.3. The highest BCUT2D eigenvalue weighted by Gasteiger charge is 2.15. The van der Waals surface area contributed by atoms with Crippen molar-refractivity contribution in [3.8, 4) is 0 Å². The van der Waals surface area contributed by atoms with Crippen molar-refractivity contribution in [2.24, 2.45) is 0 Å². The molecule has 6 heteroatoms. The average molecular weight is 247 g/mol. The molecule has 96 valence electrons. The van der Waals surface area contributed by atoms with Gasteiger partial charge in [0.1, 0.15) is 5.69 Å². The lowest BCUT2D eigenvalue weighted by molar-refractivity contribution is 0.0933. The maximum absolute atomic E-state index is 12.0. The molecule has 0 aromatic carbocycles. The summed E-state index contributed by atoms with van der Waals surface area (Å²) in [6, 6.07) is 3.67. The van der Waals surface area contributed by atoms with Crippen LogP contribution < -0.4 is 5.32 Å². The van der Waals surface area contributed by atoms with E-state index in [0.717, 1.165) is 5.69 Å². The second-order valence-corrected chi connectivity index (χ2v) is 4.48. The van der Waals surface area contributed by atoms with Gasteiger partial charge in [0.2, 0.25) is 0 Å². The highest BCUT2D eigenvalue weighted by atomic mass is 16.2. The number of hydrogen-bond donors (Lipinski definition) is 2. The van der Waals surface area contributed by atoms with Crippen molar-refractivity contribution in [3.63, 3.8) is 0 Å².